The van der Waals surface area contributed by atoms with Gasteiger partial charge in [-0.25, -0.2) is 4.99 Å². The second-order valence-corrected chi connectivity index (χ2v) is 8.00. The van der Waals surface area contributed by atoms with E-state index in [4.69, 9.17) is 4.99 Å². The van der Waals surface area contributed by atoms with Crippen LogP contribution < -0.4 is 4.90 Å². The number of amidine groups is 1. The van der Waals surface area contributed by atoms with Crippen molar-refractivity contribution in [2.45, 2.75) is 13.8 Å². The molecule has 0 aliphatic carbocycles. The van der Waals surface area contributed by atoms with Crippen molar-refractivity contribution in [2.75, 3.05) is 4.90 Å². The van der Waals surface area contributed by atoms with Crippen molar-refractivity contribution in [1.82, 2.24) is 0 Å². The zero-order valence-electron chi connectivity index (χ0n) is 19.2. The highest BCUT2D eigenvalue weighted by atomic mass is 16.6. The Hall–Kier alpha value is -4.85. The van der Waals surface area contributed by atoms with Crippen LogP contribution in [0.4, 0.5) is 28.4 Å². The van der Waals surface area contributed by atoms with Gasteiger partial charge in [0, 0.05) is 17.3 Å². The lowest BCUT2D eigenvalue weighted by atomic mass is 10.1. The van der Waals surface area contributed by atoms with Crippen LogP contribution in [0.2, 0.25) is 0 Å². The Balaban J connectivity index is 2.03. The number of hydrogen-bond acceptors (Lipinski definition) is 5. The van der Waals surface area contributed by atoms with Crippen molar-refractivity contribution in [2.24, 2.45) is 4.99 Å². The minimum Gasteiger partial charge on any atom is -0.288 e. The lowest BCUT2D eigenvalue weighted by molar-refractivity contribution is -0.393. The predicted octanol–water partition coefficient (Wildman–Crippen LogP) is 7.04. The molecule has 4 aromatic carbocycles. The number of rotatable bonds is 6. The van der Waals surface area contributed by atoms with Gasteiger partial charge in [-0.05, 0) is 44.2 Å². The average molecular weight is 466 g/mol. The zero-order valence-corrected chi connectivity index (χ0v) is 19.2. The van der Waals surface area contributed by atoms with E-state index in [0.717, 1.165) is 22.8 Å². The van der Waals surface area contributed by atoms with E-state index in [1.165, 1.54) is 12.1 Å². The summed E-state index contributed by atoms with van der Waals surface area (Å²) in [6, 6.07) is 28.0. The molecule has 0 unspecified atom stereocenters. The van der Waals surface area contributed by atoms with Gasteiger partial charge in [-0.2, -0.15) is 0 Å². The summed E-state index contributed by atoms with van der Waals surface area (Å²) in [5.41, 5.74) is 3.52. The number of nitro benzene ring substituents is 2. The molecule has 0 amide bonds. The van der Waals surface area contributed by atoms with E-state index in [-0.39, 0.29) is 11.4 Å². The predicted molar refractivity (Wildman–Crippen MR) is 137 cm³/mol. The Morgan fingerprint density at radius 2 is 1.34 bits per heavy atom. The minimum atomic E-state index is -0.647. The van der Waals surface area contributed by atoms with Gasteiger partial charge in [-0.3, -0.25) is 25.1 Å². The van der Waals surface area contributed by atoms with Crippen LogP contribution in [0.15, 0.2) is 102 Å². The van der Waals surface area contributed by atoms with Gasteiger partial charge in [0.05, 0.1) is 21.6 Å². The molecule has 0 fully saturated rings. The van der Waals surface area contributed by atoms with E-state index >= 15 is 0 Å². The summed E-state index contributed by atoms with van der Waals surface area (Å²) in [6.07, 6.45) is 0. The summed E-state index contributed by atoms with van der Waals surface area (Å²) in [4.78, 5) is 28.7. The number of hydrogen-bond donors (Lipinski definition) is 0. The van der Waals surface area contributed by atoms with Crippen LogP contribution in [0, 0.1) is 34.1 Å². The van der Waals surface area contributed by atoms with Gasteiger partial charge in [0.2, 0.25) is 0 Å². The second-order valence-electron chi connectivity index (χ2n) is 8.00. The molecule has 0 N–H and O–H groups in total. The number of aryl methyl sites for hydroxylation is 2. The molecule has 174 valence electrons. The Labute approximate surface area is 202 Å². The molecule has 4 rings (SSSR count). The fraction of sp³-hybridized carbons (Fsp3) is 0.0741. The fourth-order valence-corrected chi connectivity index (χ4v) is 3.60. The summed E-state index contributed by atoms with van der Waals surface area (Å²) in [6.45, 7) is 3.92. The normalized spacial score (nSPS) is 11.2. The molecule has 0 atom stereocenters. The molecule has 0 bridgehead atoms. The van der Waals surface area contributed by atoms with Gasteiger partial charge in [-0.15, -0.1) is 0 Å². The highest BCUT2D eigenvalue weighted by Gasteiger charge is 2.28. The molecule has 0 heterocycles. The van der Waals surface area contributed by atoms with E-state index in [0.29, 0.717) is 17.2 Å². The van der Waals surface area contributed by atoms with Gasteiger partial charge in [0.1, 0.15) is 11.5 Å². The molecule has 0 saturated heterocycles. The van der Waals surface area contributed by atoms with Gasteiger partial charge >= 0.3 is 0 Å². The number of nitro groups is 2. The van der Waals surface area contributed by atoms with E-state index in [9.17, 15) is 20.2 Å². The molecule has 0 aromatic heterocycles. The monoisotopic (exact) mass is 466 g/mol. The van der Waals surface area contributed by atoms with Crippen LogP contribution in [0.25, 0.3) is 0 Å². The topological polar surface area (TPSA) is 102 Å². The SMILES string of the molecule is Cc1ccc(N=C(c2ccccc2)N(c2ccc(C)cc2)c2ccc([N+](=O)[O-])cc2[N+](=O)[O-])cc1. The van der Waals surface area contributed by atoms with Crippen LogP contribution in [-0.4, -0.2) is 15.7 Å². The first-order valence-corrected chi connectivity index (χ1v) is 10.8. The summed E-state index contributed by atoms with van der Waals surface area (Å²) in [7, 11) is 0. The maximum atomic E-state index is 12.1. The molecule has 0 aliphatic rings. The van der Waals surface area contributed by atoms with E-state index in [1.807, 2.05) is 92.7 Å². The van der Waals surface area contributed by atoms with Gasteiger partial charge in [-0.1, -0.05) is 65.7 Å². The summed E-state index contributed by atoms with van der Waals surface area (Å²) in [5, 5.41) is 23.4. The van der Waals surface area contributed by atoms with Crippen molar-refractivity contribution >= 4 is 34.3 Å². The fourth-order valence-electron chi connectivity index (χ4n) is 3.60. The summed E-state index contributed by atoms with van der Waals surface area (Å²) in [5.74, 6) is 0.440. The van der Waals surface area contributed by atoms with Crippen molar-refractivity contribution in [3.63, 3.8) is 0 Å². The first-order chi connectivity index (χ1) is 16.8. The van der Waals surface area contributed by atoms with Gasteiger partial charge in [0.15, 0.2) is 0 Å². The van der Waals surface area contributed by atoms with Crippen molar-refractivity contribution in [3.8, 4) is 0 Å². The largest absolute Gasteiger partial charge is 0.300 e. The third-order valence-electron chi connectivity index (χ3n) is 5.41. The second kappa shape index (κ2) is 9.96. The third kappa shape index (κ3) is 5.22. The highest BCUT2D eigenvalue weighted by molar-refractivity contribution is 6.16. The number of aliphatic imine (C=N–C) groups is 1. The highest BCUT2D eigenvalue weighted by Crippen LogP contribution is 2.38. The molecule has 35 heavy (non-hydrogen) atoms. The Morgan fingerprint density at radius 3 is 1.91 bits per heavy atom. The molecule has 8 nitrogen and oxygen atoms in total. The van der Waals surface area contributed by atoms with Crippen molar-refractivity contribution < 1.29 is 9.85 Å². The molecular formula is C27H22N4O4. The van der Waals surface area contributed by atoms with E-state index in [1.54, 1.807) is 4.90 Å². The molecular weight excluding hydrogens is 444 g/mol. The lowest BCUT2D eigenvalue weighted by Gasteiger charge is -2.27. The van der Waals surface area contributed by atoms with Crippen molar-refractivity contribution in [3.05, 3.63) is 134 Å². The number of benzene rings is 4. The molecule has 0 saturated carbocycles. The van der Waals surface area contributed by atoms with Crippen LogP contribution in [-0.2, 0) is 0 Å². The Bertz CT molecular complexity index is 1400. The van der Waals surface area contributed by atoms with Crippen LogP contribution in [0.1, 0.15) is 16.7 Å². The number of anilines is 2. The van der Waals surface area contributed by atoms with Crippen molar-refractivity contribution in [1.29, 1.82) is 0 Å². The average Bonchev–Trinajstić information content (AvgIpc) is 2.86. The Morgan fingerprint density at radius 1 is 0.743 bits per heavy atom. The maximum Gasteiger partial charge on any atom is 0.300 e. The van der Waals surface area contributed by atoms with Crippen LogP contribution >= 0.6 is 0 Å². The Kier molecular flexibility index (Phi) is 6.64. The first kappa shape index (κ1) is 23.3. The van der Waals surface area contributed by atoms with Gasteiger partial charge in [0.25, 0.3) is 11.4 Å². The number of non-ortho nitro benzene ring substituents is 1. The zero-order chi connectivity index (χ0) is 24.9. The molecule has 8 heteroatoms. The van der Waals surface area contributed by atoms with E-state index < -0.39 is 15.5 Å². The molecule has 0 spiro atoms. The number of nitrogens with zero attached hydrogens (tertiary/aromatic N) is 4. The third-order valence-corrected chi connectivity index (χ3v) is 5.41. The first-order valence-electron chi connectivity index (χ1n) is 10.8. The molecule has 0 aliphatic heterocycles. The van der Waals surface area contributed by atoms with Gasteiger partial charge < -0.3 is 0 Å². The maximum absolute atomic E-state index is 12.1. The molecule has 4 aromatic rings. The minimum absolute atomic E-state index is 0.166. The quantitative estimate of drug-likeness (QED) is 0.131. The van der Waals surface area contributed by atoms with Crippen LogP contribution in [0.5, 0.6) is 0 Å². The molecule has 0 radical (unpaired) electrons. The smallest absolute Gasteiger partial charge is 0.288 e. The summed E-state index contributed by atoms with van der Waals surface area (Å²) >= 11 is 0. The standard InChI is InChI=1S/C27H22N4O4/c1-19-8-12-22(13-9-19)28-27(21-6-4-3-5-7-21)29(23-14-10-20(2)11-15-23)25-17-16-24(30(32)33)18-26(25)31(34)35/h3-18H,1-2H3. The van der Waals surface area contributed by atoms with Crippen LogP contribution in [0.3, 0.4) is 0 Å². The summed E-state index contributed by atoms with van der Waals surface area (Å²) < 4.78 is 0. The lowest BCUT2D eigenvalue weighted by Crippen LogP contribution is -2.27. The van der Waals surface area contributed by atoms with E-state index in [2.05, 4.69) is 0 Å².